The van der Waals surface area contributed by atoms with E-state index in [1.165, 1.54) is 0 Å². The Labute approximate surface area is 104 Å². The van der Waals surface area contributed by atoms with E-state index >= 15 is 0 Å². The first kappa shape index (κ1) is 11.3. The quantitative estimate of drug-likeness (QED) is 0.601. The number of hydrogen-bond donors (Lipinski definition) is 0. The maximum absolute atomic E-state index is 5.79. The Bertz CT molecular complexity index is 490. The first-order valence-electron chi connectivity index (χ1n) is 4.73. The van der Waals surface area contributed by atoms with E-state index in [-0.39, 0.29) is 0 Å². The summed E-state index contributed by atoms with van der Waals surface area (Å²) < 4.78 is 5.66. The minimum absolute atomic E-state index is 0.430. The van der Waals surface area contributed by atoms with Gasteiger partial charge in [0.25, 0.3) is 0 Å². The molecule has 1 aromatic heterocycles. The van der Waals surface area contributed by atoms with Gasteiger partial charge in [-0.3, -0.25) is 0 Å². The standard InChI is InChI=1S/C12H10ClNOS/c1-16-10-6-3-2-5-9(10)15-12-8-4-7-11(13)14-12/h2-8H,1H3. The van der Waals surface area contributed by atoms with Crippen molar-refractivity contribution >= 4 is 23.4 Å². The largest absolute Gasteiger partial charge is 0.438 e. The van der Waals surface area contributed by atoms with Crippen LogP contribution in [0.25, 0.3) is 0 Å². The summed E-state index contributed by atoms with van der Waals surface area (Å²) in [6.45, 7) is 0. The van der Waals surface area contributed by atoms with Gasteiger partial charge >= 0.3 is 0 Å². The molecule has 0 spiro atoms. The Kier molecular flexibility index (Phi) is 3.70. The SMILES string of the molecule is CSc1ccccc1Oc1cccc(Cl)n1. The van der Waals surface area contributed by atoms with Crippen LogP contribution in [0.1, 0.15) is 0 Å². The number of ether oxygens (including phenoxy) is 1. The maximum atomic E-state index is 5.79. The van der Waals surface area contributed by atoms with Crippen LogP contribution in [0.2, 0.25) is 5.15 Å². The van der Waals surface area contributed by atoms with Gasteiger partial charge in [0.05, 0.1) is 0 Å². The van der Waals surface area contributed by atoms with Crippen LogP contribution in [-0.4, -0.2) is 11.2 Å². The van der Waals surface area contributed by atoms with E-state index in [2.05, 4.69) is 4.98 Å². The molecule has 0 amide bonds. The zero-order valence-corrected chi connectivity index (χ0v) is 10.3. The summed E-state index contributed by atoms with van der Waals surface area (Å²) in [4.78, 5) is 5.15. The molecule has 4 heteroatoms. The third kappa shape index (κ3) is 2.68. The monoisotopic (exact) mass is 251 g/mol. The van der Waals surface area contributed by atoms with Crippen molar-refractivity contribution in [3.05, 3.63) is 47.6 Å². The first-order chi connectivity index (χ1) is 7.79. The number of para-hydroxylation sites is 1. The van der Waals surface area contributed by atoms with Crippen LogP contribution in [0.4, 0.5) is 0 Å². The topological polar surface area (TPSA) is 22.1 Å². The molecule has 2 rings (SSSR count). The number of thioether (sulfide) groups is 1. The normalized spacial score (nSPS) is 10.1. The number of aromatic nitrogens is 1. The molecule has 2 aromatic rings. The van der Waals surface area contributed by atoms with Crippen molar-refractivity contribution in [2.45, 2.75) is 4.90 Å². The molecular formula is C12H10ClNOS. The highest BCUT2D eigenvalue weighted by atomic mass is 35.5. The van der Waals surface area contributed by atoms with E-state index in [0.29, 0.717) is 11.0 Å². The summed E-state index contributed by atoms with van der Waals surface area (Å²) in [5, 5.41) is 0.430. The Balaban J connectivity index is 2.26. The zero-order valence-electron chi connectivity index (χ0n) is 8.68. The molecule has 1 aromatic carbocycles. The van der Waals surface area contributed by atoms with E-state index in [0.717, 1.165) is 10.6 Å². The van der Waals surface area contributed by atoms with E-state index < -0.39 is 0 Å². The lowest BCUT2D eigenvalue weighted by Gasteiger charge is -2.08. The number of rotatable bonds is 3. The fraction of sp³-hybridized carbons (Fsp3) is 0.0833. The van der Waals surface area contributed by atoms with E-state index in [4.69, 9.17) is 16.3 Å². The smallest absolute Gasteiger partial charge is 0.220 e. The van der Waals surface area contributed by atoms with Gasteiger partial charge in [0.1, 0.15) is 10.9 Å². The first-order valence-corrected chi connectivity index (χ1v) is 6.33. The predicted molar refractivity (Wildman–Crippen MR) is 67.5 cm³/mol. The summed E-state index contributed by atoms with van der Waals surface area (Å²) >= 11 is 7.42. The number of benzene rings is 1. The lowest BCUT2D eigenvalue weighted by atomic mass is 10.3. The van der Waals surface area contributed by atoms with Crippen LogP contribution in [0.15, 0.2) is 47.4 Å². The van der Waals surface area contributed by atoms with Gasteiger partial charge in [0.2, 0.25) is 5.88 Å². The number of pyridine rings is 1. The van der Waals surface area contributed by atoms with E-state index in [9.17, 15) is 0 Å². The van der Waals surface area contributed by atoms with Crippen molar-refractivity contribution in [3.63, 3.8) is 0 Å². The molecule has 0 saturated heterocycles. The minimum atomic E-state index is 0.430. The molecule has 16 heavy (non-hydrogen) atoms. The van der Waals surface area contributed by atoms with Crippen molar-refractivity contribution in [2.75, 3.05) is 6.26 Å². The van der Waals surface area contributed by atoms with Gasteiger partial charge in [0.15, 0.2) is 0 Å². The third-order valence-corrected chi connectivity index (χ3v) is 2.96. The molecule has 2 nitrogen and oxygen atoms in total. The van der Waals surface area contributed by atoms with Gasteiger partial charge in [-0.2, -0.15) is 0 Å². The lowest BCUT2D eigenvalue weighted by molar-refractivity contribution is 0.452. The van der Waals surface area contributed by atoms with Gasteiger partial charge < -0.3 is 4.74 Å². The predicted octanol–water partition coefficient (Wildman–Crippen LogP) is 4.25. The molecule has 0 atom stereocenters. The molecule has 0 aliphatic rings. The van der Waals surface area contributed by atoms with Crippen molar-refractivity contribution in [2.24, 2.45) is 0 Å². The zero-order chi connectivity index (χ0) is 11.4. The molecule has 0 unspecified atom stereocenters. The Hall–Kier alpha value is -1.19. The Morgan fingerprint density at radius 1 is 1.12 bits per heavy atom. The second kappa shape index (κ2) is 5.23. The highest BCUT2D eigenvalue weighted by Crippen LogP contribution is 2.30. The average molecular weight is 252 g/mol. The van der Waals surface area contributed by atoms with Gasteiger partial charge in [-0.1, -0.05) is 29.8 Å². The summed E-state index contributed by atoms with van der Waals surface area (Å²) in [6.07, 6.45) is 2.01. The van der Waals surface area contributed by atoms with Crippen LogP contribution in [0.3, 0.4) is 0 Å². The van der Waals surface area contributed by atoms with Gasteiger partial charge in [-0.15, -0.1) is 11.8 Å². The molecule has 1 heterocycles. The van der Waals surface area contributed by atoms with Crippen LogP contribution < -0.4 is 4.74 Å². The number of hydrogen-bond acceptors (Lipinski definition) is 3. The molecule has 0 saturated carbocycles. The van der Waals surface area contributed by atoms with Crippen LogP contribution >= 0.6 is 23.4 Å². The van der Waals surface area contributed by atoms with Crippen molar-refractivity contribution in [3.8, 4) is 11.6 Å². The summed E-state index contributed by atoms with van der Waals surface area (Å²) in [7, 11) is 0. The average Bonchev–Trinajstić information content (AvgIpc) is 2.30. The summed E-state index contributed by atoms with van der Waals surface area (Å²) in [5.74, 6) is 1.30. The second-order valence-electron chi connectivity index (χ2n) is 3.05. The lowest BCUT2D eigenvalue weighted by Crippen LogP contribution is -1.89. The molecule has 0 aliphatic heterocycles. The molecule has 0 aliphatic carbocycles. The molecule has 0 fully saturated rings. The molecule has 0 bridgehead atoms. The van der Waals surface area contributed by atoms with Crippen LogP contribution in [0, 0.1) is 0 Å². The van der Waals surface area contributed by atoms with Crippen molar-refractivity contribution in [1.29, 1.82) is 0 Å². The Morgan fingerprint density at radius 2 is 1.94 bits per heavy atom. The number of halogens is 1. The summed E-state index contributed by atoms with van der Waals surface area (Å²) in [5.41, 5.74) is 0. The van der Waals surface area contributed by atoms with Crippen LogP contribution in [0.5, 0.6) is 11.6 Å². The number of nitrogens with zero attached hydrogens (tertiary/aromatic N) is 1. The van der Waals surface area contributed by atoms with E-state index in [1.54, 1.807) is 23.9 Å². The van der Waals surface area contributed by atoms with Gasteiger partial charge in [-0.25, -0.2) is 4.98 Å². The van der Waals surface area contributed by atoms with Gasteiger partial charge in [-0.05, 0) is 24.5 Å². The highest BCUT2D eigenvalue weighted by Gasteiger charge is 2.04. The van der Waals surface area contributed by atoms with Crippen molar-refractivity contribution in [1.82, 2.24) is 4.98 Å². The minimum Gasteiger partial charge on any atom is -0.438 e. The maximum Gasteiger partial charge on any atom is 0.220 e. The van der Waals surface area contributed by atoms with Gasteiger partial charge in [0, 0.05) is 11.0 Å². The fourth-order valence-corrected chi connectivity index (χ4v) is 1.94. The fourth-order valence-electron chi connectivity index (χ4n) is 1.26. The van der Waals surface area contributed by atoms with Crippen LogP contribution in [-0.2, 0) is 0 Å². The molecule has 0 N–H and O–H groups in total. The Morgan fingerprint density at radius 3 is 2.69 bits per heavy atom. The highest BCUT2D eigenvalue weighted by molar-refractivity contribution is 7.98. The second-order valence-corrected chi connectivity index (χ2v) is 4.29. The molecule has 82 valence electrons. The molecule has 0 radical (unpaired) electrons. The van der Waals surface area contributed by atoms with Crippen molar-refractivity contribution < 1.29 is 4.74 Å². The summed E-state index contributed by atoms with van der Waals surface area (Å²) in [6, 6.07) is 13.1. The van der Waals surface area contributed by atoms with E-state index in [1.807, 2.05) is 36.6 Å². The third-order valence-electron chi connectivity index (χ3n) is 1.97. The molecular weight excluding hydrogens is 242 g/mol.